The van der Waals surface area contributed by atoms with Gasteiger partial charge in [0.2, 0.25) is 0 Å². The molecule has 1 aromatic carbocycles. The maximum atomic E-state index is 6.01. The summed E-state index contributed by atoms with van der Waals surface area (Å²) >= 11 is 6.01. The Hall–Kier alpha value is -2.07. The van der Waals surface area contributed by atoms with Crippen molar-refractivity contribution in [3.8, 4) is 11.5 Å². The van der Waals surface area contributed by atoms with Crippen LogP contribution in [0.15, 0.2) is 34.7 Å². The summed E-state index contributed by atoms with van der Waals surface area (Å²) in [5.74, 6) is 2.34. The minimum Gasteiger partial charge on any atom is -0.454 e. The van der Waals surface area contributed by atoms with Crippen molar-refractivity contribution in [2.75, 3.05) is 11.9 Å². The molecule has 3 rings (SSSR count). The lowest BCUT2D eigenvalue weighted by atomic mass is 10.2. The van der Waals surface area contributed by atoms with Crippen molar-refractivity contribution >= 4 is 28.4 Å². The van der Waals surface area contributed by atoms with Crippen molar-refractivity contribution in [3.05, 3.63) is 41.2 Å². The molecular weight excluding hydrogens is 286 g/mol. The van der Waals surface area contributed by atoms with E-state index in [1.54, 1.807) is 0 Å². The van der Waals surface area contributed by atoms with Crippen molar-refractivity contribution in [1.29, 1.82) is 0 Å². The van der Waals surface area contributed by atoms with Gasteiger partial charge in [-0.15, -0.1) is 0 Å². The third-order valence-corrected chi connectivity index (χ3v) is 3.41. The summed E-state index contributed by atoms with van der Waals surface area (Å²) in [7, 11) is 0. The largest absolute Gasteiger partial charge is 0.454 e. The van der Waals surface area contributed by atoms with E-state index in [0.29, 0.717) is 5.02 Å². The molecule has 0 unspecified atom stereocenters. The Morgan fingerprint density at radius 1 is 1.14 bits per heavy atom. The fourth-order valence-corrected chi connectivity index (χ4v) is 2.37. The van der Waals surface area contributed by atoms with Crippen LogP contribution in [0.25, 0.3) is 22.4 Å². The first-order chi connectivity index (χ1) is 10.2. The molecule has 0 bridgehead atoms. The van der Waals surface area contributed by atoms with Gasteiger partial charge in [-0.25, -0.2) is 9.97 Å². The van der Waals surface area contributed by atoms with E-state index in [9.17, 15) is 0 Å². The normalized spacial score (nSPS) is 11.0. The molecular formula is C16H16ClN3O. The van der Waals surface area contributed by atoms with Gasteiger partial charge in [0.15, 0.2) is 5.76 Å². The topological polar surface area (TPSA) is 51.0 Å². The van der Waals surface area contributed by atoms with Gasteiger partial charge in [-0.2, -0.15) is 0 Å². The second-order valence-electron chi connectivity index (χ2n) is 4.73. The highest BCUT2D eigenvalue weighted by Crippen LogP contribution is 2.29. The van der Waals surface area contributed by atoms with Crippen LogP contribution in [0.4, 0.5) is 5.82 Å². The number of aryl methyl sites for hydroxylation is 1. The van der Waals surface area contributed by atoms with Crippen LogP contribution in [0, 0.1) is 0 Å². The van der Waals surface area contributed by atoms with Crippen LogP contribution in [0.1, 0.15) is 19.7 Å². The average Bonchev–Trinajstić information content (AvgIpc) is 2.90. The standard InChI is InChI=1S/C16H16ClN3O/c1-3-15-19-12(9-16(20-15)18-4-2)14-8-10-7-11(17)5-6-13(10)21-14/h5-9H,3-4H2,1-2H3,(H,18,19,20). The molecule has 1 N–H and O–H groups in total. The minimum atomic E-state index is 0.695. The lowest BCUT2D eigenvalue weighted by Gasteiger charge is -2.06. The summed E-state index contributed by atoms with van der Waals surface area (Å²) in [6.07, 6.45) is 0.776. The third kappa shape index (κ3) is 2.85. The highest BCUT2D eigenvalue weighted by molar-refractivity contribution is 6.31. The van der Waals surface area contributed by atoms with Crippen LogP contribution in [0.3, 0.4) is 0 Å². The molecule has 21 heavy (non-hydrogen) atoms. The monoisotopic (exact) mass is 301 g/mol. The van der Waals surface area contributed by atoms with E-state index in [2.05, 4.69) is 15.3 Å². The fourth-order valence-electron chi connectivity index (χ4n) is 2.19. The Labute approximate surface area is 128 Å². The zero-order valence-corrected chi connectivity index (χ0v) is 12.7. The van der Waals surface area contributed by atoms with E-state index >= 15 is 0 Å². The number of hydrogen-bond donors (Lipinski definition) is 1. The fraction of sp³-hybridized carbons (Fsp3) is 0.250. The van der Waals surface area contributed by atoms with Crippen LogP contribution in [-0.4, -0.2) is 16.5 Å². The molecule has 2 heterocycles. The van der Waals surface area contributed by atoms with Gasteiger partial charge in [-0.05, 0) is 31.2 Å². The molecule has 0 atom stereocenters. The highest BCUT2D eigenvalue weighted by Gasteiger charge is 2.11. The molecule has 108 valence electrons. The van der Waals surface area contributed by atoms with Crippen molar-refractivity contribution in [3.63, 3.8) is 0 Å². The number of anilines is 1. The summed E-state index contributed by atoms with van der Waals surface area (Å²) in [5.41, 5.74) is 1.58. The SMILES string of the molecule is CCNc1cc(-c2cc3cc(Cl)ccc3o2)nc(CC)n1. The molecule has 4 nitrogen and oxygen atoms in total. The van der Waals surface area contributed by atoms with Crippen molar-refractivity contribution in [1.82, 2.24) is 9.97 Å². The van der Waals surface area contributed by atoms with Crippen LogP contribution in [0.5, 0.6) is 0 Å². The Morgan fingerprint density at radius 3 is 2.76 bits per heavy atom. The van der Waals surface area contributed by atoms with Crippen molar-refractivity contribution in [2.45, 2.75) is 20.3 Å². The zero-order valence-electron chi connectivity index (χ0n) is 12.0. The van der Waals surface area contributed by atoms with Crippen molar-refractivity contribution in [2.24, 2.45) is 0 Å². The van der Waals surface area contributed by atoms with Crippen LogP contribution < -0.4 is 5.32 Å². The molecule has 5 heteroatoms. The lowest BCUT2D eigenvalue weighted by molar-refractivity contribution is 0.627. The molecule has 0 saturated heterocycles. The Kier molecular flexibility index (Phi) is 3.80. The van der Waals surface area contributed by atoms with Gasteiger partial charge in [0, 0.05) is 29.4 Å². The number of furan rings is 1. The van der Waals surface area contributed by atoms with E-state index in [4.69, 9.17) is 16.0 Å². The number of fused-ring (bicyclic) bond motifs is 1. The number of halogens is 1. The summed E-state index contributed by atoms with van der Waals surface area (Å²) in [6, 6.07) is 9.44. The number of nitrogens with one attached hydrogen (secondary N) is 1. The van der Waals surface area contributed by atoms with E-state index in [1.165, 1.54) is 0 Å². The molecule has 3 aromatic rings. The molecule has 0 aliphatic rings. The predicted octanol–water partition coefficient (Wildman–Crippen LogP) is 4.54. The first kappa shape index (κ1) is 13.9. The van der Waals surface area contributed by atoms with Gasteiger partial charge < -0.3 is 9.73 Å². The summed E-state index contributed by atoms with van der Waals surface area (Å²) in [4.78, 5) is 8.99. The molecule has 0 aliphatic heterocycles. The van der Waals surface area contributed by atoms with E-state index in [-0.39, 0.29) is 0 Å². The van der Waals surface area contributed by atoms with Gasteiger partial charge >= 0.3 is 0 Å². The van der Waals surface area contributed by atoms with Crippen LogP contribution >= 0.6 is 11.6 Å². The summed E-state index contributed by atoms with van der Waals surface area (Å²) in [5, 5.41) is 4.89. The average molecular weight is 302 g/mol. The van der Waals surface area contributed by atoms with E-state index < -0.39 is 0 Å². The number of benzene rings is 1. The lowest BCUT2D eigenvalue weighted by Crippen LogP contribution is -2.03. The molecule has 0 saturated carbocycles. The second kappa shape index (κ2) is 5.74. The highest BCUT2D eigenvalue weighted by atomic mass is 35.5. The number of aromatic nitrogens is 2. The van der Waals surface area contributed by atoms with Crippen molar-refractivity contribution < 1.29 is 4.42 Å². The quantitative estimate of drug-likeness (QED) is 0.769. The van der Waals surface area contributed by atoms with E-state index in [0.717, 1.165) is 47.0 Å². The van der Waals surface area contributed by atoms with Gasteiger partial charge in [-0.3, -0.25) is 0 Å². The summed E-state index contributed by atoms with van der Waals surface area (Å²) < 4.78 is 5.87. The maximum absolute atomic E-state index is 6.01. The van der Waals surface area contributed by atoms with E-state index in [1.807, 2.05) is 44.2 Å². The Bertz CT molecular complexity index is 782. The molecule has 0 amide bonds. The third-order valence-electron chi connectivity index (χ3n) is 3.18. The second-order valence-corrected chi connectivity index (χ2v) is 5.17. The predicted molar refractivity (Wildman–Crippen MR) is 85.8 cm³/mol. The Balaban J connectivity index is 2.10. The first-order valence-electron chi connectivity index (χ1n) is 7.01. The Morgan fingerprint density at radius 2 is 2.00 bits per heavy atom. The van der Waals surface area contributed by atoms with Gasteiger partial charge in [0.05, 0.1) is 0 Å². The molecule has 0 radical (unpaired) electrons. The molecule has 0 spiro atoms. The molecule has 2 aromatic heterocycles. The van der Waals surface area contributed by atoms with Gasteiger partial charge in [-0.1, -0.05) is 18.5 Å². The first-order valence-corrected chi connectivity index (χ1v) is 7.38. The zero-order chi connectivity index (χ0) is 14.8. The maximum Gasteiger partial charge on any atom is 0.154 e. The smallest absolute Gasteiger partial charge is 0.154 e. The van der Waals surface area contributed by atoms with Crippen LogP contribution in [-0.2, 0) is 6.42 Å². The molecule has 0 fully saturated rings. The van der Waals surface area contributed by atoms with Crippen LogP contribution in [0.2, 0.25) is 5.02 Å². The number of nitrogens with zero attached hydrogens (tertiary/aromatic N) is 2. The number of hydrogen-bond acceptors (Lipinski definition) is 4. The summed E-state index contributed by atoms with van der Waals surface area (Å²) in [6.45, 7) is 4.89. The van der Waals surface area contributed by atoms with Gasteiger partial charge in [0.25, 0.3) is 0 Å². The van der Waals surface area contributed by atoms with Gasteiger partial charge in [0.1, 0.15) is 22.9 Å². The molecule has 0 aliphatic carbocycles. The number of rotatable bonds is 4. The minimum absolute atomic E-state index is 0.695.